The van der Waals surface area contributed by atoms with Gasteiger partial charge in [-0.25, -0.2) is 9.97 Å². The van der Waals surface area contributed by atoms with Crippen LogP contribution in [0.4, 0.5) is 0 Å². The Balaban J connectivity index is 1.62. The van der Waals surface area contributed by atoms with Crippen LogP contribution in [0.15, 0.2) is 78.9 Å². The molecule has 0 aliphatic carbocycles. The number of aromatic amines is 2. The molecule has 4 heteroatoms. The molecule has 8 rings (SSSR count). The number of hydrogen-bond donors (Lipinski definition) is 2. The first kappa shape index (κ1) is 52.2. The zero-order chi connectivity index (χ0) is 52.5. The van der Waals surface area contributed by atoms with Crippen LogP contribution < -0.4 is 0 Å². The van der Waals surface area contributed by atoms with Crippen molar-refractivity contribution in [3.8, 4) is 45.2 Å². The van der Waals surface area contributed by atoms with Gasteiger partial charge in [-0.3, -0.25) is 0 Å². The van der Waals surface area contributed by atoms with Crippen molar-refractivity contribution in [2.24, 2.45) is 0 Å². The lowest BCUT2D eigenvalue weighted by molar-refractivity contribution is 0.568. The monoisotopic (exact) mass is 955 g/mol. The van der Waals surface area contributed by atoms with Crippen molar-refractivity contribution in [2.45, 2.75) is 183 Å². The van der Waals surface area contributed by atoms with Crippen molar-refractivity contribution in [2.75, 3.05) is 0 Å². The van der Waals surface area contributed by atoms with Gasteiger partial charge in [0.05, 0.1) is 28.3 Å². The third-order valence-corrected chi connectivity index (χ3v) is 14.5. The predicted molar refractivity (Wildman–Crippen MR) is 314 cm³/mol. The Hall–Kier alpha value is -6.18. The molecule has 0 atom stereocenters. The highest BCUT2D eigenvalue weighted by Gasteiger charge is 2.27. The van der Waals surface area contributed by atoms with E-state index < -0.39 is 0 Å². The molecule has 0 saturated carbocycles. The number of benzene rings is 3. The topological polar surface area (TPSA) is 57.4 Å². The average Bonchev–Trinajstić information content (AvgIpc) is 4.12. The maximum atomic E-state index is 5.59. The second-order valence-corrected chi connectivity index (χ2v) is 26.8. The number of aromatic nitrogens is 4. The molecule has 0 amide bonds. The third-order valence-electron chi connectivity index (χ3n) is 14.5. The molecule has 72 heavy (non-hydrogen) atoms. The molecule has 0 spiro atoms. The molecule has 5 heterocycles. The molecule has 8 bridgehead atoms. The second-order valence-electron chi connectivity index (χ2n) is 26.8. The first-order valence-electron chi connectivity index (χ1n) is 26.5. The molecule has 4 nitrogen and oxygen atoms in total. The fourth-order valence-corrected chi connectivity index (χ4v) is 9.58. The largest absolute Gasteiger partial charge is 0.354 e. The van der Waals surface area contributed by atoms with Gasteiger partial charge in [-0.15, -0.1) is 0 Å². The van der Waals surface area contributed by atoms with E-state index in [1.165, 1.54) is 33.4 Å². The van der Waals surface area contributed by atoms with Gasteiger partial charge in [0, 0.05) is 45.2 Å². The van der Waals surface area contributed by atoms with Gasteiger partial charge in [0.1, 0.15) is 0 Å². The number of rotatable bonds is 5. The molecule has 0 radical (unpaired) electrons. The van der Waals surface area contributed by atoms with Crippen molar-refractivity contribution >= 4 is 46.4 Å². The molecule has 2 N–H and O–H groups in total. The Bertz CT molecular complexity index is 3100. The lowest BCUT2D eigenvalue weighted by atomic mass is 9.78. The zero-order valence-electron chi connectivity index (χ0n) is 47.3. The molecule has 0 saturated heterocycles. The van der Waals surface area contributed by atoms with E-state index in [1.807, 2.05) is 0 Å². The highest BCUT2D eigenvalue weighted by molar-refractivity contribution is 5.99. The van der Waals surface area contributed by atoms with E-state index in [9.17, 15) is 0 Å². The van der Waals surface area contributed by atoms with Gasteiger partial charge in [0.2, 0.25) is 0 Å². The molecule has 3 aromatic carbocycles. The highest BCUT2D eigenvalue weighted by atomic mass is 14.8. The van der Waals surface area contributed by atoms with Crippen LogP contribution in [0.1, 0.15) is 213 Å². The van der Waals surface area contributed by atoms with Gasteiger partial charge in [-0.05, 0) is 138 Å². The van der Waals surface area contributed by atoms with Crippen LogP contribution in [0.5, 0.6) is 0 Å². The number of fused-ring (bicyclic) bond motifs is 8. The Morgan fingerprint density at radius 1 is 0.375 bits per heavy atom. The van der Waals surface area contributed by atoms with E-state index >= 15 is 0 Å². The van der Waals surface area contributed by atoms with Crippen LogP contribution in [0.2, 0.25) is 0 Å². The van der Waals surface area contributed by atoms with Crippen LogP contribution >= 0.6 is 0 Å². The quantitative estimate of drug-likeness (QED) is 0.133. The SMILES string of the molecule is CCCCC#Cc1c2nc(c(-c3cc(C(C)(C)C)cc(C(C)(C)C)c3)c3ccc([nH]3)c(-c3cc(C(C)(C)C)cc(C(C)(C)C)c3)c3ccc([nH]3)c(-c3cc(C(C)(C)C)cc(C(C)(C)C)c3)c3nc1C=C3)C=C2. The summed E-state index contributed by atoms with van der Waals surface area (Å²) in [6, 6.07) is 30.7. The van der Waals surface area contributed by atoms with Crippen molar-refractivity contribution < 1.29 is 0 Å². The van der Waals surface area contributed by atoms with E-state index in [1.54, 1.807) is 0 Å². The van der Waals surface area contributed by atoms with Gasteiger partial charge in [0.15, 0.2) is 0 Å². The Morgan fingerprint density at radius 2 is 0.653 bits per heavy atom. The molecule has 2 aliphatic rings. The summed E-state index contributed by atoms with van der Waals surface area (Å²) in [6.07, 6.45) is 11.6. The van der Waals surface area contributed by atoms with Crippen molar-refractivity contribution in [1.82, 2.24) is 19.9 Å². The summed E-state index contributed by atoms with van der Waals surface area (Å²) < 4.78 is 0. The minimum Gasteiger partial charge on any atom is -0.354 e. The van der Waals surface area contributed by atoms with Crippen molar-refractivity contribution in [3.63, 3.8) is 0 Å². The van der Waals surface area contributed by atoms with Crippen LogP contribution in [0.25, 0.3) is 79.8 Å². The predicted octanol–water partition coefficient (Wildman–Crippen LogP) is 19.0. The van der Waals surface area contributed by atoms with E-state index in [2.05, 4.69) is 257 Å². The van der Waals surface area contributed by atoms with Crippen molar-refractivity contribution in [3.05, 3.63) is 141 Å². The Morgan fingerprint density at radius 3 is 0.944 bits per heavy atom. The van der Waals surface area contributed by atoms with Crippen molar-refractivity contribution in [1.29, 1.82) is 0 Å². The number of H-pyrrole nitrogens is 2. The molecule has 3 aromatic heterocycles. The summed E-state index contributed by atoms with van der Waals surface area (Å²) in [5.41, 5.74) is 22.3. The molecule has 6 aromatic rings. The molecule has 0 unspecified atom stereocenters. The summed E-state index contributed by atoms with van der Waals surface area (Å²) in [7, 11) is 0. The number of nitrogens with zero attached hydrogens (tertiary/aromatic N) is 2. The minimum absolute atomic E-state index is 0.0794. The Kier molecular flexibility index (Phi) is 13.5. The first-order chi connectivity index (χ1) is 33.4. The molecular weight excluding hydrogens is 873 g/mol. The van der Waals surface area contributed by atoms with E-state index in [0.717, 1.165) is 103 Å². The van der Waals surface area contributed by atoms with Gasteiger partial charge in [-0.2, -0.15) is 0 Å². The maximum absolute atomic E-state index is 5.59. The van der Waals surface area contributed by atoms with Crippen LogP contribution in [0, 0.1) is 11.8 Å². The summed E-state index contributed by atoms with van der Waals surface area (Å²) in [5, 5.41) is 0. The number of hydrogen-bond acceptors (Lipinski definition) is 2. The minimum atomic E-state index is -0.0806. The lowest BCUT2D eigenvalue weighted by Crippen LogP contribution is -2.16. The number of unbranched alkanes of at least 4 members (excludes halogenated alkanes) is 2. The first-order valence-corrected chi connectivity index (χ1v) is 26.5. The van der Waals surface area contributed by atoms with E-state index in [0.29, 0.717) is 0 Å². The molecule has 2 aliphatic heterocycles. The normalized spacial score (nSPS) is 13.4. The van der Waals surface area contributed by atoms with Gasteiger partial charge in [-0.1, -0.05) is 204 Å². The summed E-state index contributed by atoms with van der Waals surface area (Å²) in [5.74, 6) is 7.17. The van der Waals surface area contributed by atoms with E-state index in [-0.39, 0.29) is 32.5 Å². The summed E-state index contributed by atoms with van der Waals surface area (Å²) >= 11 is 0. The second kappa shape index (κ2) is 18.7. The standard InChI is InChI=1S/C68H82N4/c1-20-21-22-23-24-51-52-25-27-54(69-52)60(42-33-45(63(2,3)4)39-46(34-42)64(5,6)7)56-29-31-58(71-56)62(44-37-49(67(14,15)16)41-50(38-44)68(17,18)19)59-32-30-57(72-59)61(55-28-26-53(51)70-55)43-35-47(65(8,9)10)40-48(36-43)66(11,12)13/h25-41,71-72H,20-22H2,1-19H3. The summed E-state index contributed by atoms with van der Waals surface area (Å²) in [4.78, 5) is 19.4. The van der Waals surface area contributed by atoms with Gasteiger partial charge < -0.3 is 9.97 Å². The average molecular weight is 955 g/mol. The number of nitrogens with one attached hydrogen (secondary N) is 2. The maximum Gasteiger partial charge on any atom is 0.0816 e. The lowest BCUT2D eigenvalue weighted by Gasteiger charge is -2.26. The molecule has 0 fully saturated rings. The van der Waals surface area contributed by atoms with Crippen LogP contribution in [-0.2, 0) is 32.5 Å². The van der Waals surface area contributed by atoms with Crippen LogP contribution in [-0.4, -0.2) is 19.9 Å². The molecule has 374 valence electrons. The third kappa shape index (κ3) is 10.9. The Labute approximate surface area is 433 Å². The molecular formula is C68H82N4. The van der Waals surface area contributed by atoms with E-state index in [4.69, 9.17) is 9.97 Å². The van der Waals surface area contributed by atoms with Gasteiger partial charge >= 0.3 is 0 Å². The fraction of sp³-hybridized carbons (Fsp3) is 0.412. The smallest absolute Gasteiger partial charge is 0.0816 e. The van der Waals surface area contributed by atoms with Gasteiger partial charge in [0.25, 0.3) is 0 Å². The highest BCUT2D eigenvalue weighted by Crippen LogP contribution is 2.43. The summed E-state index contributed by atoms with van der Waals surface area (Å²) in [6.45, 7) is 43.9. The fourth-order valence-electron chi connectivity index (χ4n) is 9.58. The van der Waals surface area contributed by atoms with Crippen LogP contribution in [0.3, 0.4) is 0 Å². The zero-order valence-corrected chi connectivity index (χ0v) is 47.3.